The Morgan fingerprint density at radius 2 is 0.631 bits per heavy atom. The van der Waals surface area contributed by atoms with Gasteiger partial charge in [-0.15, -0.1) is 0 Å². The average Bonchev–Trinajstić information content (AvgIpc) is 1.61. The number of guanidine groups is 5. The van der Waals surface area contributed by atoms with Crippen molar-refractivity contribution in [1.82, 2.24) is 0 Å². The second-order valence-electron chi connectivity index (χ2n) is 35.2. The van der Waals surface area contributed by atoms with E-state index in [9.17, 15) is 0 Å². The Morgan fingerprint density at radius 3 is 1.04 bits per heavy atom. The zero-order chi connectivity index (χ0) is 97.5. The summed E-state index contributed by atoms with van der Waals surface area (Å²) >= 11 is 0. The number of rotatable bonds is 10. The second-order valence-corrected chi connectivity index (χ2v) is 35.2. The lowest BCUT2D eigenvalue weighted by Gasteiger charge is -2.29. The van der Waals surface area contributed by atoms with E-state index in [-0.39, 0.29) is 11.9 Å². The number of nitrogens with one attached hydrogen (secondary N) is 2. The molecule has 0 saturated heterocycles. The first-order chi connectivity index (χ1) is 69.0. The van der Waals surface area contributed by atoms with Crippen LogP contribution < -0.4 is 68.5 Å². The molecule has 6 aliphatic heterocycles. The lowest BCUT2D eigenvalue weighted by molar-refractivity contribution is 0.309. The van der Waals surface area contributed by atoms with Gasteiger partial charge in [-0.2, -0.15) is 0 Å². The van der Waals surface area contributed by atoms with E-state index < -0.39 is 0 Å². The van der Waals surface area contributed by atoms with Crippen LogP contribution in [0, 0.1) is 10.8 Å². The third kappa shape index (κ3) is 22.6. The zero-order valence-corrected chi connectivity index (χ0v) is 80.0. The number of benzene rings is 16. The maximum Gasteiger partial charge on any atom is 0.205 e. The molecule has 0 amide bonds. The highest BCUT2D eigenvalue weighted by Gasteiger charge is 2.28. The molecule has 0 bridgehead atoms. The van der Waals surface area contributed by atoms with Crippen LogP contribution in [0.3, 0.4) is 0 Å². The summed E-state index contributed by atoms with van der Waals surface area (Å²) in [5.41, 5.74) is 68.6. The van der Waals surface area contributed by atoms with Crippen LogP contribution >= 0.6 is 0 Å². The summed E-state index contributed by atoms with van der Waals surface area (Å²) < 4.78 is 5.73. The summed E-state index contributed by atoms with van der Waals surface area (Å²) in [6.45, 7) is 12.7. The van der Waals surface area contributed by atoms with Crippen LogP contribution in [0.15, 0.2) is 410 Å². The van der Waals surface area contributed by atoms with Crippen LogP contribution in [0.4, 0.5) is 73.9 Å². The minimum absolute atomic E-state index is 0.0265. The number of hydrogen-bond acceptors (Lipinski definition) is 8. The normalized spacial score (nSPS) is 13.6. The monoisotopic (exact) mass is 1850 g/mol. The molecule has 22 rings (SSSR count). The smallest absolute Gasteiger partial charge is 0.205 e. The van der Waals surface area contributed by atoms with Crippen LogP contribution in [0.1, 0.15) is 129 Å². The summed E-state index contributed by atoms with van der Waals surface area (Å²) in [4.78, 5) is 26.2. The SMILES string of the molecule is C=C(N)N1c2ccccc2CCc2ccccc21.CCC(C)c1ccc(N=C(N)N2Cc3ccccc3CCc3ccccc32)cc1.CCCCOc1ccc(N=C(N)N2c3ccccc3C=Cc3ccccc32)cc1.N=C(N)N1Cc2ccccc2CCc2ccccc21.N=C(N)N1c2ccccc2C=Cc2ccccc21.NC(=Nc1cccc2ccccc12)N1c2ccccc2C=Cc2ccccc21. The minimum Gasteiger partial charge on any atom is -0.494 e. The fourth-order valence-electron chi connectivity index (χ4n) is 18.5. The van der Waals surface area contributed by atoms with Crippen molar-refractivity contribution in [1.29, 1.82) is 10.8 Å². The van der Waals surface area contributed by atoms with Crippen molar-refractivity contribution in [2.45, 2.75) is 97.6 Å². The molecule has 18 nitrogen and oxygen atoms in total. The molecule has 1 unspecified atom stereocenters. The number of aryl methyl sites for hydroxylation is 6. The minimum atomic E-state index is 0.0265. The van der Waals surface area contributed by atoms with Gasteiger partial charge in [0.1, 0.15) is 11.6 Å². The number of anilines is 10. The standard InChI is InChI=1S/C26H29N3.C25H25N3O.C25H19N3.C16H17N3.C16H16N2.C15H13N3/c1-3-19(2)20-14-16-24(17-15-20)28-26(27)29-18-23-10-5-4-8-21(23)12-13-22-9-6-7-11-25(22)29;1-2-3-18-29-22-16-14-21(15-17-22)27-25(26)28-23-10-6-4-8-19(23)12-13-20-9-5-7-11-24(20)28;26-25(27-22-13-7-11-18-8-1-4-12-21(18)22)28-23-14-5-2-9-19(23)16-17-20-10-3-6-15-24(20)28;17-16(18)19-11-14-7-2-1-5-12(14)9-10-13-6-3-4-8-15(13)19;1-12(17)18-15-8-4-2-6-13(15)10-11-14-7-3-5-9-16(14)18;16-15(17)18-13-7-3-1-5-11(13)9-10-12-6-2-4-8-14(12)18/h4-11,14-17,19H,3,12-13,18H2,1-2H3,(H2,27,28);4-17H,2-3,18H2,1H3,(H2,26,27);1-17H,(H2,26,27);1-8H,9-11H2,(H3,17,18);2-9H,1,10-11,17H2;1-10H,(H3,16,17). The number of para-hydroxylation sites is 10. The van der Waals surface area contributed by atoms with Crippen molar-refractivity contribution in [3.8, 4) is 5.75 Å². The first-order valence-electron chi connectivity index (χ1n) is 48.3. The van der Waals surface area contributed by atoms with E-state index in [1.54, 1.807) is 4.90 Å². The van der Waals surface area contributed by atoms with E-state index in [0.717, 1.165) is 195 Å². The number of ether oxygens (including phenoxy) is 1. The predicted octanol–water partition coefficient (Wildman–Crippen LogP) is 27.4. The molecule has 702 valence electrons. The van der Waals surface area contributed by atoms with Crippen LogP contribution in [0.25, 0.3) is 47.2 Å². The third-order valence-corrected chi connectivity index (χ3v) is 26.0. The average molecular weight is 1850 g/mol. The molecule has 0 aromatic heterocycles. The van der Waals surface area contributed by atoms with Crippen molar-refractivity contribution in [2.75, 3.05) is 36.0 Å². The number of hydrogen-bond donors (Lipinski definition) is 8. The van der Waals surface area contributed by atoms with Crippen LogP contribution in [0.2, 0.25) is 0 Å². The van der Waals surface area contributed by atoms with Gasteiger partial charge < -0.3 is 48.9 Å². The molecular weight excluding hydrogens is 1730 g/mol. The molecule has 18 heteroatoms. The van der Waals surface area contributed by atoms with E-state index in [2.05, 4.69) is 274 Å². The number of unbranched alkanes of at least 4 members (excludes halogenated alkanes) is 1. The molecule has 0 fully saturated rings. The molecule has 0 spiro atoms. The topological polar surface area (TPSA) is 270 Å². The van der Waals surface area contributed by atoms with Crippen LogP contribution in [-0.2, 0) is 51.6 Å². The van der Waals surface area contributed by atoms with E-state index in [4.69, 9.17) is 64.9 Å². The molecular formula is C123H119N17O. The van der Waals surface area contributed by atoms with E-state index >= 15 is 0 Å². The molecule has 6 aliphatic rings. The number of nitrogens with two attached hydrogens (primary N) is 6. The zero-order valence-electron chi connectivity index (χ0n) is 80.0. The van der Waals surface area contributed by atoms with Gasteiger partial charge in [-0.3, -0.25) is 30.4 Å². The highest BCUT2D eigenvalue weighted by molar-refractivity contribution is 6.11. The quantitative estimate of drug-likeness (QED) is 0.0360. The largest absolute Gasteiger partial charge is 0.494 e. The highest BCUT2D eigenvalue weighted by Crippen LogP contribution is 2.43. The maximum atomic E-state index is 7.83. The van der Waals surface area contributed by atoms with E-state index in [1.165, 1.54) is 50.1 Å². The van der Waals surface area contributed by atoms with Crippen molar-refractivity contribution in [3.63, 3.8) is 0 Å². The van der Waals surface area contributed by atoms with Gasteiger partial charge in [0.05, 0.1) is 82.3 Å². The van der Waals surface area contributed by atoms with Crippen LogP contribution in [-0.4, -0.2) is 36.4 Å². The fourth-order valence-corrected chi connectivity index (χ4v) is 18.5. The lowest BCUT2D eigenvalue weighted by atomic mass is 9.95. The van der Waals surface area contributed by atoms with Crippen LogP contribution in [0.5, 0.6) is 5.75 Å². The lowest BCUT2D eigenvalue weighted by Crippen LogP contribution is -2.38. The van der Waals surface area contributed by atoms with Gasteiger partial charge in [-0.05, 0) is 249 Å². The first kappa shape index (κ1) is 95.2. The summed E-state index contributed by atoms with van der Waals surface area (Å²) in [5.74, 6) is 3.51. The summed E-state index contributed by atoms with van der Waals surface area (Å²) in [6.07, 6.45) is 22.0. The molecule has 14 N–H and O–H groups in total. The van der Waals surface area contributed by atoms with Crippen molar-refractivity contribution in [2.24, 2.45) is 49.4 Å². The van der Waals surface area contributed by atoms with E-state index in [1.807, 2.05) is 197 Å². The molecule has 1 atom stereocenters. The maximum absolute atomic E-state index is 7.83. The number of aliphatic imine (C=N–C) groups is 3. The first-order valence-corrected chi connectivity index (χ1v) is 48.3. The van der Waals surface area contributed by atoms with Gasteiger partial charge in [0.2, 0.25) is 17.9 Å². The van der Waals surface area contributed by atoms with Gasteiger partial charge in [-0.25, -0.2) is 15.0 Å². The highest BCUT2D eigenvalue weighted by atomic mass is 16.5. The Balaban J connectivity index is 0.000000118. The van der Waals surface area contributed by atoms with Crippen molar-refractivity contribution < 1.29 is 4.74 Å². The molecule has 0 saturated carbocycles. The van der Waals surface area contributed by atoms with Gasteiger partial charge in [0, 0.05) is 16.8 Å². The Kier molecular flexibility index (Phi) is 30.7. The summed E-state index contributed by atoms with van der Waals surface area (Å²) in [7, 11) is 0. The van der Waals surface area contributed by atoms with Gasteiger partial charge in [-0.1, -0.05) is 349 Å². The third-order valence-electron chi connectivity index (χ3n) is 26.0. The number of nitrogens with zero attached hydrogens (tertiary/aromatic N) is 9. The predicted molar refractivity (Wildman–Crippen MR) is 594 cm³/mol. The molecule has 16 aromatic carbocycles. The Morgan fingerprint density at radius 1 is 0.312 bits per heavy atom. The summed E-state index contributed by atoms with van der Waals surface area (Å²) in [5, 5.41) is 17.9. The molecule has 6 heterocycles. The Bertz CT molecular complexity index is 7140. The molecule has 0 aliphatic carbocycles. The van der Waals surface area contributed by atoms with Gasteiger partial charge >= 0.3 is 0 Å². The number of fused-ring (bicyclic) bond motifs is 13. The second kappa shape index (κ2) is 45.4. The van der Waals surface area contributed by atoms with Gasteiger partial charge in [0.25, 0.3) is 0 Å². The van der Waals surface area contributed by atoms with Crippen molar-refractivity contribution in [3.05, 3.63) is 478 Å². The molecule has 141 heavy (non-hydrogen) atoms. The summed E-state index contributed by atoms with van der Waals surface area (Å²) in [6, 6.07) is 130. The fraction of sp³-hybridized carbons (Fsp3) is 0.130. The Labute approximate surface area is 828 Å². The molecule has 0 radical (unpaired) electrons. The van der Waals surface area contributed by atoms with Gasteiger partial charge in [0.15, 0.2) is 11.9 Å². The van der Waals surface area contributed by atoms with E-state index in [0.29, 0.717) is 36.2 Å². The van der Waals surface area contributed by atoms with Crippen molar-refractivity contribution >= 4 is 151 Å². The molecule has 16 aromatic rings. The Hall–Kier alpha value is -17.5.